The van der Waals surface area contributed by atoms with Crippen LogP contribution in [0.5, 0.6) is 0 Å². The van der Waals surface area contributed by atoms with Crippen LogP contribution in [0.4, 0.5) is 0 Å². The van der Waals surface area contributed by atoms with E-state index in [4.69, 9.17) is 4.74 Å². The van der Waals surface area contributed by atoms with E-state index in [1.807, 2.05) is 4.90 Å². The highest BCUT2D eigenvalue weighted by molar-refractivity contribution is 5.77. The number of hydrogen-bond donors (Lipinski definition) is 0. The Balaban J connectivity index is 0.00000121. The van der Waals surface area contributed by atoms with Crippen LogP contribution in [0.3, 0.4) is 0 Å². The largest absolute Gasteiger partial charge is 0.375 e. The third-order valence-corrected chi connectivity index (χ3v) is 1.98. The van der Waals surface area contributed by atoms with E-state index in [9.17, 15) is 4.79 Å². The summed E-state index contributed by atoms with van der Waals surface area (Å²) < 4.78 is 4.77. The molecule has 12 heavy (non-hydrogen) atoms. The van der Waals surface area contributed by atoms with Gasteiger partial charge in [-0.05, 0) is 19.3 Å². The molecule has 1 saturated heterocycles. The molecule has 1 fully saturated rings. The fraction of sp³-hybridized carbons (Fsp3) is 0.889. The van der Waals surface area contributed by atoms with Gasteiger partial charge in [-0.2, -0.15) is 0 Å². The Labute approximate surface area is 74.7 Å². The molecule has 0 radical (unpaired) electrons. The molecule has 3 heteroatoms. The molecule has 0 spiro atoms. The average molecular weight is 173 g/mol. The van der Waals surface area contributed by atoms with Crippen molar-refractivity contribution in [1.29, 1.82) is 0 Å². The summed E-state index contributed by atoms with van der Waals surface area (Å²) in [7, 11) is 1.56. The normalized spacial score (nSPS) is 16.9. The first-order valence-corrected chi connectivity index (χ1v) is 4.11. The summed E-state index contributed by atoms with van der Waals surface area (Å²) in [5.41, 5.74) is 0. The lowest BCUT2D eigenvalue weighted by Gasteiger charge is -2.26. The van der Waals surface area contributed by atoms with E-state index in [0.717, 1.165) is 25.9 Å². The van der Waals surface area contributed by atoms with Crippen molar-refractivity contribution in [3.63, 3.8) is 0 Å². The third-order valence-electron chi connectivity index (χ3n) is 1.98. The fourth-order valence-corrected chi connectivity index (χ4v) is 1.36. The van der Waals surface area contributed by atoms with Gasteiger partial charge in [0.05, 0.1) is 0 Å². The molecule has 1 aliphatic heterocycles. The van der Waals surface area contributed by atoms with E-state index in [-0.39, 0.29) is 19.9 Å². The molecule has 0 unspecified atom stereocenters. The van der Waals surface area contributed by atoms with Crippen LogP contribution in [0, 0.1) is 0 Å². The van der Waals surface area contributed by atoms with Crippen molar-refractivity contribution >= 4 is 5.91 Å². The molecule has 3 nitrogen and oxygen atoms in total. The number of carbonyl (C=O) groups is 1. The predicted molar refractivity (Wildman–Crippen MR) is 49.0 cm³/mol. The first-order chi connectivity index (χ1) is 5.34. The topological polar surface area (TPSA) is 29.5 Å². The molecule has 0 saturated carbocycles. The summed E-state index contributed by atoms with van der Waals surface area (Å²) in [6.45, 7) is 2.07. The van der Waals surface area contributed by atoms with Gasteiger partial charge in [-0.15, -0.1) is 0 Å². The Morgan fingerprint density at radius 1 is 1.33 bits per heavy atom. The second kappa shape index (κ2) is 6.00. The van der Waals surface area contributed by atoms with Crippen LogP contribution in [-0.4, -0.2) is 37.6 Å². The maximum Gasteiger partial charge on any atom is 0.248 e. The van der Waals surface area contributed by atoms with Gasteiger partial charge in [0.2, 0.25) is 5.91 Å². The molecule has 0 bridgehead atoms. The quantitative estimate of drug-likeness (QED) is 0.629. The number of amides is 1. The van der Waals surface area contributed by atoms with Crippen molar-refractivity contribution in [2.75, 3.05) is 26.8 Å². The molecule has 1 heterocycles. The SMILES string of the molecule is C.COCC(=O)N1CCCCC1. The first-order valence-electron chi connectivity index (χ1n) is 4.11. The Hall–Kier alpha value is -0.570. The molecule has 1 aliphatic rings. The summed E-state index contributed by atoms with van der Waals surface area (Å²) in [5, 5.41) is 0. The third kappa shape index (κ3) is 3.22. The van der Waals surface area contributed by atoms with Gasteiger partial charge in [-0.1, -0.05) is 7.43 Å². The van der Waals surface area contributed by atoms with E-state index in [1.165, 1.54) is 6.42 Å². The molecular formula is C9H19NO2. The molecule has 1 rings (SSSR count). The fourth-order valence-electron chi connectivity index (χ4n) is 1.36. The van der Waals surface area contributed by atoms with Crippen molar-refractivity contribution in [1.82, 2.24) is 4.90 Å². The standard InChI is InChI=1S/C8H15NO2.CH4/c1-11-7-8(10)9-5-3-2-4-6-9;/h2-7H2,1H3;1H4. The van der Waals surface area contributed by atoms with Gasteiger partial charge in [0.25, 0.3) is 0 Å². The zero-order valence-corrected chi connectivity index (χ0v) is 7.01. The molecule has 0 atom stereocenters. The molecule has 0 aliphatic carbocycles. The van der Waals surface area contributed by atoms with Gasteiger partial charge >= 0.3 is 0 Å². The second-order valence-corrected chi connectivity index (χ2v) is 2.87. The number of methoxy groups -OCH3 is 1. The number of piperidine rings is 1. The average Bonchev–Trinajstić information content (AvgIpc) is 2.07. The smallest absolute Gasteiger partial charge is 0.248 e. The number of carbonyl (C=O) groups excluding carboxylic acids is 1. The van der Waals surface area contributed by atoms with E-state index in [1.54, 1.807) is 7.11 Å². The van der Waals surface area contributed by atoms with Crippen molar-refractivity contribution in [3.8, 4) is 0 Å². The Kier molecular flexibility index (Phi) is 5.72. The summed E-state index contributed by atoms with van der Waals surface area (Å²) in [4.78, 5) is 13.1. The van der Waals surface area contributed by atoms with Crippen LogP contribution in [0.15, 0.2) is 0 Å². The highest BCUT2D eigenvalue weighted by atomic mass is 16.5. The zero-order chi connectivity index (χ0) is 8.10. The second-order valence-electron chi connectivity index (χ2n) is 2.87. The summed E-state index contributed by atoms with van der Waals surface area (Å²) >= 11 is 0. The predicted octanol–water partition coefficient (Wildman–Crippen LogP) is 1.28. The number of likely N-dealkylation sites (tertiary alicyclic amines) is 1. The van der Waals surface area contributed by atoms with Gasteiger partial charge in [0, 0.05) is 20.2 Å². The Morgan fingerprint density at radius 3 is 2.42 bits per heavy atom. The summed E-state index contributed by atoms with van der Waals surface area (Å²) in [6, 6.07) is 0. The van der Waals surface area contributed by atoms with E-state index in [2.05, 4.69) is 0 Å². The number of hydrogen-bond acceptors (Lipinski definition) is 2. The van der Waals surface area contributed by atoms with Crippen LogP contribution >= 0.6 is 0 Å². The minimum absolute atomic E-state index is 0. The van der Waals surface area contributed by atoms with Gasteiger partial charge < -0.3 is 9.64 Å². The van der Waals surface area contributed by atoms with Gasteiger partial charge in [0.1, 0.15) is 6.61 Å². The summed E-state index contributed by atoms with van der Waals surface area (Å²) in [5.74, 6) is 0.132. The van der Waals surface area contributed by atoms with Crippen LogP contribution in [0.25, 0.3) is 0 Å². The maximum absolute atomic E-state index is 11.2. The van der Waals surface area contributed by atoms with Crippen LogP contribution in [-0.2, 0) is 9.53 Å². The molecule has 0 aromatic rings. The molecule has 72 valence electrons. The molecule has 1 amide bonds. The highest BCUT2D eigenvalue weighted by Crippen LogP contribution is 2.08. The van der Waals surface area contributed by atoms with E-state index >= 15 is 0 Å². The van der Waals surface area contributed by atoms with Crippen LogP contribution in [0.2, 0.25) is 0 Å². The van der Waals surface area contributed by atoms with Gasteiger partial charge in [-0.3, -0.25) is 4.79 Å². The lowest BCUT2D eigenvalue weighted by atomic mass is 10.1. The van der Waals surface area contributed by atoms with Crippen molar-refractivity contribution in [3.05, 3.63) is 0 Å². The number of ether oxygens (including phenoxy) is 1. The van der Waals surface area contributed by atoms with E-state index in [0.29, 0.717) is 0 Å². The van der Waals surface area contributed by atoms with Crippen LogP contribution < -0.4 is 0 Å². The number of nitrogens with zero attached hydrogens (tertiary/aromatic N) is 1. The van der Waals surface area contributed by atoms with Gasteiger partial charge in [0.15, 0.2) is 0 Å². The lowest BCUT2D eigenvalue weighted by Crippen LogP contribution is -2.37. The van der Waals surface area contributed by atoms with E-state index < -0.39 is 0 Å². The van der Waals surface area contributed by atoms with Crippen molar-refractivity contribution in [2.45, 2.75) is 26.7 Å². The highest BCUT2D eigenvalue weighted by Gasteiger charge is 2.15. The number of rotatable bonds is 2. The lowest BCUT2D eigenvalue weighted by molar-refractivity contribution is -0.136. The maximum atomic E-state index is 11.2. The first kappa shape index (κ1) is 11.4. The summed E-state index contributed by atoms with van der Waals surface area (Å²) in [6.07, 6.45) is 3.56. The van der Waals surface area contributed by atoms with Crippen molar-refractivity contribution in [2.24, 2.45) is 0 Å². The molecular weight excluding hydrogens is 154 g/mol. The molecule has 0 N–H and O–H groups in total. The molecule has 0 aromatic heterocycles. The van der Waals surface area contributed by atoms with Gasteiger partial charge in [-0.25, -0.2) is 0 Å². The molecule has 0 aromatic carbocycles. The minimum Gasteiger partial charge on any atom is -0.375 e. The monoisotopic (exact) mass is 173 g/mol. The Bertz CT molecular complexity index is 130. The van der Waals surface area contributed by atoms with Crippen LogP contribution in [0.1, 0.15) is 26.7 Å². The minimum atomic E-state index is 0. The zero-order valence-electron chi connectivity index (χ0n) is 7.01. The Morgan fingerprint density at radius 2 is 1.92 bits per heavy atom. The van der Waals surface area contributed by atoms with Crippen molar-refractivity contribution < 1.29 is 9.53 Å².